The van der Waals surface area contributed by atoms with Gasteiger partial charge in [0, 0.05) is 6.54 Å². The Labute approximate surface area is 161 Å². The fraction of sp³-hybridized carbons (Fsp3) is 0.292. The largest absolute Gasteiger partial charge is 0.444 e. The molecule has 1 unspecified atom stereocenters. The molecule has 0 aromatic heterocycles. The molecule has 27 heavy (non-hydrogen) atoms. The summed E-state index contributed by atoms with van der Waals surface area (Å²) >= 11 is 0. The van der Waals surface area contributed by atoms with Gasteiger partial charge in [0.25, 0.3) is 0 Å². The lowest BCUT2D eigenvalue weighted by molar-refractivity contribution is 0.0153. The lowest BCUT2D eigenvalue weighted by Crippen LogP contribution is -2.38. The maximum atomic E-state index is 12.9. The van der Waals surface area contributed by atoms with Crippen LogP contribution in [0.15, 0.2) is 72.8 Å². The summed E-state index contributed by atoms with van der Waals surface area (Å²) in [5.74, 6) is 0. The van der Waals surface area contributed by atoms with Gasteiger partial charge in [-0.25, -0.2) is 4.79 Å². The van der Waals surface area contributed by atoms with E-state index in [-0.39, 0.29) is 12.1 Å². The van der Waals surface area contributed by atoms with Gasteiger partial charge in [0.05, 0.1) is 6.04 Å². The molecule has 140 valence electrons. The highest BCUT2D eigenvalue weighted by Gasteiger charge is 2.27. The molecule has 0 bridgehead atoms. The number of rotatable bonds is 4. The van der Waals surface area contributed by atoms with E-state index in [0.29, 0.717) is 6.54 Å². The molecule has 3 nitrogen and oxygen atoms in total. The lowest BCUT2D eigenvalue weighted by Gasteiger charge is -2.32. The zero-order chi connectivity index (χ0) is 19.4. The summed E-state index contributed by atoms with van der Waals surface area (Å²) in [5, 5.41) is 2.37. The van der Waals surface area contributed by atoms with Crippen molar-refractivity contribution in [3.8, 4) is 0 Å². The van der Waals surface area contributed by atoms with E-state index >= 15 is 0 Å². The minimum atomic E-state index is -0.533. The zero-order valence-corrected chi connectivity index (χ0v) is 16.5. The number of ether oxygens (including phenoxy) is 1. The Hall–Kier alpha value is -2.81. The van der Waals surface area contributed by atoms with Gasteiger partial charge in [-0.05, 0) is 55.7 Å². The van der Waals surface area contributed by atoms with Crippen LogP contribution in [0.5, 0.6) is 0 Å². The molecule has 0 aliphatic rings. The molecule has 1 amide bonds. The first-order valence-corrected chi connectivity index (χ1v) is 9.36. The van der Waals surface area contributed by atoms with Crippen LogP contribution in [0.2, 0.25) is 0 Å². The number of amides is 1. The Kier molecular flexibility index (Phi) is 5.50. The topological polar surface area (TPSA) is 29.5 Å². The molecule has 0 aliphatic carbocycles. The summed E-state index contributed by atoms with van der Waals surface area (Å²) in [6.45, 7) is 8.24. The van der Waals surface area contributed by atoms with Crippen LogP contribution in [0, 0.1) is 0 Å². The van der Waals surface area contributed by atoms with Crippen LogP contribution < -0.4 is 0 Å². The summed E-state index contributed by atoms with van der Waals surface area (Å²) in [4.78, 5) is 14.7. The van der Waals surface area contributed by atoms with Gasteiger partial charge in [0.1, 0.15) is 5.60 Å². The Morgan fingerprint density at radius 3 is 2.22 bits per heavy atom. The van der Waals surface area contributed by atoms with Crippen molar-refractivity contribution in [1.29, 1.82) is 0 Å². The van der Waals surface area contributed by atoms with Crippen molar-refractivity contribution in [2.75, 3.05) is 0 Å². The minimum Gasteiger partial charge on any atom is -0.444 e. The average molecular weight is 361 g/mol. The molecule has 0 saturated heterocycles. The SMILES string of the molecule is CC(c1ccc2ccccc2c1)N(Cc1ccccc1)C(=O)OC(C)(C)C. The predicted molar refractivity (Wildman–Crippen MR) is 111 cm³/mol. The van der Waals surface area contributed by atoms with Crippen LogP contribution in [-0.2, 0) is 11.3 Å². The van der Waals surface area contributed by atoms with Gasteiger partial charge in [-0.1, -0.05) is 66.7 Å². The first-order valence-electron chi connectivity index (χ1n) is 9.36. The first kappa shape index (κ1) is 19.0. The van der Waals surface area contributed by atoms with Gasteiger partial charge in [-0.15, -0.1) is 0 Å². The third-order valence-electron chi connectivity index (χ3n) is 4.55. The van der Waals surface area contributed by atoms with E-state index in [9.17, 15) is 4.79 Å². The van der Waals surface area contributed by atoms with Crippen LogP contribution in [0.25, 0.3) is 10.8 Å². The molecule has 0 fully saturated rings. The quantitative estimate of drug-likeness (QED) is 0.543. The lowest BCUT2D eigenvalue weighted by atomic mass is 10.0. The van der Waals surface area contributed by atoms with Gasteiger partial charge in [-0.3, -0.25) is 4.90 Å². The second-order valence-corrected chi connectivity index (χ2v) is 7.88. The van der Waals surface area contributed by atoms with Crippen LogP contribution in [0.4, 0.5) is 4.79 Å². The molecule has 1 atom stereocenters. The van der Waals surface area contributed by atoms with Gasteiger partial charge in [0.2, 0.25) is 0 Å². The molecule has 3 aromatic rings. The van der Waals surface area contributed by atoms with Crippen LogP contribution in [0.1, 0.15) is 44.9 Å². The van der Waals surface area contributed by atoms with E-state index in [1.807, 2.05) is 63.2 Å². The Bertz CT molecular complexity index is 912. The van der Waals surface area contributed by atoms with E-state index in [1.165, 1.54) is 10.8 Å². The third kappa shape index (κ3) is 4.88. The van der Waals surface area contributed by atoms with Crippen LogP contribution >= 0.6 is 0 Å². The van der Waals surface area contributed by atoms with Gasteiger partial charge >= 0.3 is 6.09 Å². The molecule has 0 N–H and O–H groups in total. The van der Waals surface area contributed by atoms with E-state index in [4.69, 9.17) is 4.74 Å². The van der Waals surface area contributed by atoms with Crippen molar-refractivity contribution in [2.45, 2.75) is 45.9 Å². The van der Waals surface area contributed by atoms with Crippen molar-refractivity contribution in [2.24, 2.45) is 0 Å². The van der Waals surface area contributed by atoms with Crippen molar-refractivity contribution in [3.63, 3.8) is 0 Å². The Morgan fingerprint density at radius 1 is 0.926 bits per heavy atom. The van der Waals surface area contributed by atoms with E-state index < -0.39 is 5.60 Å². The predicted octanol–water partition coefficient (Wildman–Crippen LogP) is 6.34. The number of fused-ring (bicyclic) bond motifs is 1. The molecular weight excluding hydrogens is 334 g/mol. The summed E-state index contributed by atoms with van der Waals surface area (Å²) in [5.41, 5.74) is 1.64. The van der Waals surface area contributed by atoms with Gasteiger partial charge in [0.15, 0.2) is 0 Å². The maximum absolute atomic E-state index is 12.9. The molecule has 0 radical (unpaired) electrons. The minimum absolute atomic E-state index is 0.107. The smallest absolute Gasteiger partial charge is 0.411 e. The highest BCUT2D eigenvalue weighted by molar-refractivity contribution is 5.83. The molecule has 3 rings (SSSR count). The number of carbonyl (C=O) groups is 1. The number of nitrogens with zero attached hydrogens (tertiary/aromatic N) is 1. The number of benzene rings is 3. The first-order chi connectivity index (χ1) is 12.8. The number of carbonyl (C=O) groups excluding carboxylic acids is 1. The standard InChI is InChI=1S/C24H27NO2/c1-18(21-15-14-20-12-8-9-13-22(20)16-21)25(23(26)27-24(2,3)4)17-19-10-6-5-7-11-19/h5-16,18H,17H2,1-4H3. The molecule has 3 heteroatoms. The van der Waals surface area contributed by atoms with Crippen molar-refractivity contribution < 1.29 is 9.53 Å². The van der Waals surface area contributed by atoms with E-state index in [0.717, 1.165) is 11.1 Å². The highest BCUT2D eigenvalue weighted by Crippen LogP contribution is 2.27. The summed E-state index contributed by atoms with van der Waals surface area (Å²) in [6, 6.07) is 24.5. The maximum Gasteiger partial charge on any atom is 0.411 e. The van der Waals surface area contributed by atoms with Crippen LogP contribution in [-0.4, -0.2) is 16.6 Å². The van der Waals surface area contributed by atoms with Crippen molar-refractivity contribution >= 4 is 16.9 Å². The number of hydrogen-bond donors (Lipinski definition) is 0. The molecule has 3 aromatic carbocycles. The Balaban J connectivity index is 1.92. The van der Waals surface area contributed by atoms with Crippen molar-refractivity contribution in [1.82, 2.24) is 4.90 Å². The molecular formula is C24H27NO2. The fourth-order valence-electron chi connectivity index (χ4n) is 3.11. The molecule has 0 spiro atoms. The van der Waals surface area contributed by atoms with E-state index in [2.05, 4.69) is 37.3 Å². The average Bonchev–Trinajstić information content (AvgIpc) is 2.64. The second kappa shape index (κ2) is 7.83. The van der Waals surface area contributed by atoms with Crippen LogP contribution in [0.3, 0.4) is 0 Å². The highest BCUT2D eigenvalue weighted by atomic mass is 16.6. The fourth-order valence-corrected chi connectivity index (χ4v) is 3.11. The number of hydrogen-bond acceptors (Lipinski definition) is 2. The monoisotopic (exact) mass is 361 g/mol. The third-order valence-corrected chi connectivity index (χ3v) is 4.55. The molecule has 0 saturated carbocycles. The Morgan fingerprint density at radius 2 is 1.56 bits per heavy atom. The van der Waals surface area contributed by atoms with Crippen molar-refractivity contribution in [3.05, 3.63) is 83.9 Å². The molecule has 0 heterocycles. The summed E-state index contributed by atoms with van der Waals surface area (Å²) in [7, 11) is 0. The second-order valence-electron chi connectivity index (χ2n) is 7.88. The normalized spacial score (nSPS) is 12.6. The summed E-state index contributed by atoms with van der Waals surface area (Å²) in [6.07, 6.45) is -0.299. The van der Waals surface area contributed by atoms with Gasteiger partial charge in [-0.2, -0.15) is 0 Å². The summed E-state index contributed by atoms with van der Waals surface area (Å²) < 4.78 is 5.69. The van der Waals surface area contributed by atoms with Gasteiger partial charge < -0.3 is 4.74 Å². The van der Waals surface area contributed by atoms with E-state index in [1.54, 1.807) is 4.90 Å². The zero-order valence-electron chi connectivity index (χ0n) is 16.5. The molecule has 0 aliphatic heterocycles.